The predicted octanol–water partition coefficient (Wildman–Crippen LogP) is 4.81. The van der Waals surface area contributed by atoms with Gasteiger partial charge in [0.15, 0.2) is 0 Å². The van der Waals surface area contributed by atoms with Gasteiger partial charge in [0.05, 0.1) is 0 Å². The second-order valence-corrected chi connectivity index (χ2v) is 5.48. The third kappa shape index (κ3) is 2.07. The van der Waals surface area contributed by atoms with Gasteiger partial charge in [-0.25, -0.2) is 4.39 Å². The molecular formula is C16H20FN. The third-order valence-electron chi connectivity index (χ3n) is 3.36. The topological polar surface area (TPSA) is 26.0 Å². The molecule has 0 atom stereocenters. The lowest BCUT2D eigenvalue weighted by Gasteiger charge is -2.18. The molecule has 0 fully saturated rings. The Labute approximate surface area is 108 Å². The quantitative estimate of drug-likeness (QED) is 0.755. The van der Waals surface area contributed by atoms with Crippen LogP contribution in [-0.2, 0) is 0 Å². The number of nitrogens with two attached hydrogens (primary N) is 1. The van der Waals surface area contributed by atoms with Crippen molar-refractivity contribution in [2.24, 2.45) is 0 Å². The lowest BCUT2D eigenvalue weighted by molar-refractivity contribution is 0.601. The molecule has 0 unspecified atom stereocenters. The maximum absolute atomic E-state index is 14.1. The highest BCUT2D eigenvalue weighted by Gasteiger charge is 2.16. The van der Waals surface area contributed by atoms with Crippen LogP contribution in [0.4, 0.5) is 10.1 Å². The average molecular weight is 245 g/mol. The van der Waals surface area contributed by atoms with Crippen LogP contribution < -0.4 is 5.73 Å². The summed E-state index contributed by atoms with van der Waals surface area (Å²) >= 11 is 0. The van der Waals surface area contributed by atoms with Crippen molar-refractivity contribution < 1.29 is 4.39 Å². The van der Waals surface area contributed by atoms with Crippen LogP contribution in [0.3, 0.4) is 0 Å². The fourth-order valence-electron chi connectivity index (χ4n) is 2.55. The van der Waals surface area contributed by atoms with Crippen LogP contribution in [0.1, 0.15) is 50.7 Å². The van der Waals surface area contributed by atoms with E-state index in [4.69, 9.17) is 5.73 Å². The standard InChI is InChI=1S/C16H20FN/c1-9(2)13-8-12(18)7-11-5-6-14(17)15(10(3)4)16(11)13/h5-10H,18H2,1-4H3. The van der Waals surface area contributed by atoms with Gasteiger partial charge in [-0.15, -0.1) is 0 Å². The van der Waals surface area contributed by atoms with E-state index in [1.165, 1.54) is 0 Å². The van der Waals surface area contributed by atoms with Crippen molar-refractivity contribution in [3.63, 3.8) is 0 Å². The van der Waals surface area contributed by atoms with Crippen molar-refractivity contribution in [3.05, 3.63) is 41.2 Å². The molecule has 1 nitrogen and oxygen atoms in total. The third-order valence-corrected chi connectivity index (χ3v) is 3.36. The second-order valence-electron chi connectivity index (χ2n) is 5.48. The summed E-state index contributed by atoms with van der Waals surface area (Å²) in [6.45, 7) is 8.28. The molecule has 18 heavy (non-hydrogen) atoms. The van der Waals surface area contributed by atoms with Crippen LogP contribution in [0, 0.1) is 5.82 Å². The van der Waals surface area contributed by atoms with E-state index in [0.717, 1.165) is 27.6 Å². The van der Waals surface area contributed by atoms with Crippen molar-refractivity contribution in [2.75, 3.05) is 5.73 Å². The molecule has 0 heterocycles. The highest BCUT2D eigenvalue weighted by atomic mass is 19.1. The van der Waals surface area contributed by atoms with Gasteiger partial charge in [0, 0.05) is 5.69 Å². The van der Waals surface area contributed by atoms with Gasteiger partial charge in [0.2, 0.25) is 0 Å². The van der Waals surface area contributed by atoms with Gasteiger partial charge < -0.3 is 5.73 Å². The molecule has 2 heteroatoms. The molecule has 0 radical (unpaired) electrons. The van der Waals surface area contributed by atoms with Crippen molar-refractivity contribution in [3.8, 4) is 0 Å². The molecular weight excluding hydrogens is 225 g/mol. The first-order valence-corrected chi connectivity index (χ1v) is 6.43. The van der Waals surface area contributed by atoms with E-state index in [1.54, 1.807) is 6.07 Å². The molecule has 2 aromatic carbocycles. The number of hydrogen-bond donors (Lipinski definition) is 1. The molecule has 2 aromatic rings. The molecule has 0 bridgehead atoms. The number of hydrogen-bond acceptors (Lipinski definition) is 1. The molecule has 0 saturated carbocycles. The number of halogens is 1. The predicted molar refractivity (Wildman–Crippen MR) is 76.5 cm³/mol. The Balaban J connectivity index is 2.93. The first kappa shape index (κ1) is 12.9. The minimum absolute atomic E-state index is 0.121. The zero-order valence-electron chi connectivity index (χ0n) is 11.4. The largest absolute Gasteiger partial charge is 0.399 e. The van der Waals surface area contributed by atoms with Crippen LogP contribution in [0.25, 0.3) is 10.8 Å². The molecule has 96 valence electrons. The van der Waals surface area contributed by atoms with E-state index in [-0.39, 0.29) is 11.7 Å². The van der Waals surface area contributed by atoms with Gasteiger partial charge in [-0.3, -0.25) is 0 Å². The fraction of sp³-hybridized carbons (Fsp3) is 0.375. The minimum atomic E-state index is -0.121. The molecule has 0 amide bonds. The minimum Gasteiger partial charge on any atom is -0.399 e. The summed E-state index contributed by atoms with van der Waals surface area (Å²) in [7, 11) is 0. The summed E-state index contributed by atoms with van der Waals surface area (Å²) in [5, 5.41) is 2.07. The Hall–Kier alpha value is -1.57. The number of fused-ring (bicyclic) bond motifs is 1. The lowest BCUT2D eigenvalue weighted by Crippen LogP contribution is -2.01. The lowest BCUT2D eigenvalue weighted by atomic mass is 9.88. The zero-order valence-corrected chi connectivity index (χ0v) is 11.4. The first-order chi connectivity index (χ1) is 8.41. The summed E-state index contributed by atoms with van der Waals surface area (Å²) < 4.78 is 14.1. The Morgan fingerprint density at radius 2 is 1.67 bits per heavy atom. The Kier molecular flexibility index (Phi) is 3.29. The molecule has 0 saturated heterocycles. The summed E-state index contributed by atoms with van der Waals surface area (Å²) in [5.41, 5.74) is 8.61. The van der Waals surface area contributed by atoms with Gasteiger partial charge in [-0.1, -0.05) is 33.8 Å². The van der Waals surface area contributed by atoms with Crippen LogP contribution in [-0.4, -0.2) is 0 Å². The molecule has 0 aliphatic carbocycles. The van der Waals surface area contributed by atoms with Crippen LogP contribution in [0.5, 0.6) is 0 Å². The molecule has 2 rings (SSSR count). The van der Waals surface area contributed by atoms with E-state index >= 15 is 0 Å². The van der Waals surface area contributed by atoms with E-state index in [0.29, 0.717) is 5.92 Å². The van der Waals surface area contributed by atoms with Crippen molar-refractivity contribution >= 4 is 16.5 Å². The van der Waals surface area contributed by atoms with E-state index in [2.05, 4.69) is 13.8 Å². The number of nitrogen functional groups attached to an aromatic ring is 1. The number of rotatable bonds is 2. The Morgan fingerprint density at radius 1 is 1.00 bits per heavy atom. The van der Waals surface area contributed by atoms with Crippen LogP contribution in [0.2, 0.25) is 0 Å². The van der Waals surface area contributed by atoms with E-state index in [1.807, 2.05) is 32.0 Å². The maximum Gasteiger partial charge on any atom is 0.127 e. The van der Waals surface area contributed by atoms with Crippen molar-refractivity contribution in [2.45, 2.75) is 39.5 Å². The molecule has 0 aliphatic rings. The van der Waals surface area contributed by atoms with Gasteiger partial charge in [0.1, 0.15) is 5.82 Å². The summed E-state index contributed by atoms with van der Waals surface area (Å²) in [4.78, 5) is 0. The normalized spacial score (nSPS) is 11.7. The average Bonchev–Trinajstić information content (AvgIpc) is 2.27. The molecule has 0 aliphatic heterocycles. The molecule has 0 aromatic heterocycles. The van der Waals surface area contributed by atoms with Crippen molar-refractivity contribution in [1.29, 1.82) is 0 Å². The fourth-order valence-corrected chi connectivity index (χ4v) is 2.55. The highest BCUT2D eigenvalue weighted by molar-refractivity contribution is 5.92. The maximum atomic E-state index is 14.1. The SMILES string of the molecule is CC(C)c1cc(N)cc2ccc(F)c(C(C)C)c12. The zero-order chi connectivity index (χ0) is 13.4. The number of anilines is 1. The summed E-state index contributed by atoms with van der Waals surface area (Å²) in [6.07, 6.45) is 0. The van der Waals surface area contributed by atoms with Gasteiger partial charge in [-0.2, -0.15) is 0 Å². The van der Waals surface area contributed by atoms with Gasteiger partial charge in [0.25, 0.3) is 0 Å². The number of benzene rings is 2. The first-order valence-electron chi connectivity index (χ1n) is 6.43. The Morgan fingerprint density at radius 3 is 2.22 bits per heavy atom. The highest BCUT2D eigenvalue weighted by Crippen LogP contribution is 2.35. The Bertz CT molecular complexity index is 585. The van der Waals surface area contributed by atoms with Crippen LogP contribution in [0.15, 0.2) is 24.3 Å². The molecule has 2 N–H and O–H groups in total. The monoisotopic (exact) mass is 245 g/mol. The molecule has 0 spiro atoms. The summed E-state index contributed by atoms with van der Waals surface area (Å²) in [5.74, 6) is 0.370. The smallest absolute Gasteiger partial charge is 0.127 e. The van der Waals surface area contributed by atoms with Crippen molar-refractivity contribution in [1.82, 2.24) is 0 Å². The van der Waals surface area contributed by atoms with E-state index in [9.17, 15) is 4.39 Å². The van der Waals surface area contributed by atoms with Gasteiger partial charge >= 0.3 is 0 Å². The second kappa shape index (κ2) is 4.60. The summed E-state index contributed by atoms with van der Waals surface area (Å²) in [6, 6.07) is 7.25. The van der Waals surface area contributed by atoms with Gasteiger partial charge in [-0.05, 0) is 51.9 Å². The van der Waals surface area contributed by atoms with E-state index < -0.39 is 0 Å². The van der Waals surface area contributed by atoms with Crippen LogP contribution >= 0.6 is 0 Å².